The Morgan fingerprint density at radius 3 is 2.44 bits per heavy atom. The minimum absolute atomic E-state index is 0.00878. The maximum absolute atomic E-state index is 15.1. The molecule has 0 bridgehead atoms. The zero-order chi connectivity index (χ0) is 26.2. The van der Waals surface area contributed by atoms with E-state index in [0.29, 0.717) is 26.1 Å². The molecule has 2 fully saturated rings. The minimum atomic E-state index is -0.861. The van der Waals surface area contributed by atoms with E-state index in [4.69, 9.17) is 14.3 Å². The van der Waals surface area contributed by atoms with Gasteiger partial charge in [0.25, 0.3) is 0 Å². The summed E-state index contributed by atoms with van der Waals surface area (Å²) in [5.74, 6) is -2.00. The van der Waals surface area contributed by atoms with Crippen molar-refractivity contribution in [1.82, 2.24) is 15.7 Å². The number of amides is 4. The molecule has 2 saturated heterocycles. The van der Waals surface area contributed by atoms with Crippen LogP contribution in [0.25, 0.3) is 0 Å². The number of hydrogen-bond donors (Lipinski definition) is 2. The van der Waals surface area contributed by atoms with Gasteiger partial charge < -0.3 is 25.0 Å². The van der Waals surface area contributed by atoms with Gasteiger partial charge in [0.05, 0.1) is 32.4 Å². The van der Waals surface area contributed by atoms with Crippen LogP contribution < -0.4 is 20.4 Å². The number of urea groups is 1. The number of halogens is 2. The van der Waals surface area contributed by atoms with Crippen LogP contribution in [-0.2, 0) is 19.1 Å². The van der Waals surface area contributed by atoms with Crippen LogP contribution in [0.2, 0.25) is 0 Å². The Kier molecular flexibility index (Phi) is 9.65. The third-order valence-electron chi connectivity index (χ3n) is 6.03. The average Bonchev–Trinajstić information content (AvgIpc) is 3.22. The number of anilines is 2. The monoisotopic (exact) mass is 513 g/mol. The van der Waals surface area contributed by atoms with Crippen molar-refractivity contribution in [2.45, 2.75) is 38.8 Å². The van der Waals surface area contributed by atoms with Crippen LogP contribution in [0.1, 0.15) is 26.7 Å². The van der Waals surface area contributed by atoms with Gasteiger partial charge in [-0.3, -0.25) is 14.5 Å². The number of ether oxygens (including phenoxy) is 2. The first-order valence-electron chi connectivity index (χ1n) is 11.9. The van der Waals surface area contributed by atoms with Crippen LogP contribution in [-0.4, -0.2) is 88.3 Å². The van der Waals surface area contributed by atoms with Crippen molar-refractivity contribution in [3.63, 3.8) is 0 Å². The van der Waals surface area contributed by atoms with Crippen molar-refractivity contribution in [2.24, 2.45) is 0 Å². The molecule has 200 valence electrons. The van der Waals surface area contributed by atoms with Crippen LogP contribution in [0.4, 0.5) is 29.7 Å². The SMILES string of the molecule is CCN(CCN(OC)C(=O)NC1CCOCC1)c1c(F)cc(N2C[C@H](CNC(C)=O)OC2=O)cc1F. The fourth-order valence-electron chi connectivity index (χ4n) is 4.11. The number of carbonyl (C=O) groups is 3. The summed E-state index contributed by atoms with van der Waals surface area (Å²) in [5.41, 5.74) is -0.265. The van der Waals surface area contributed by atoms with E-state index >= 15 is 8.78 Å². The highest BCUT2D eigenvalue weighted by Gasteiger charge is 2.34. The molecule has 13 heteroatoms. The summed E-state index contributed by atoms with van der Waals surface area (Å²) in [4.78, 5) is 43.6. The van der Waals surface area contributed by atoms with Crippen molar-refractivity contribution < 1.29 is 37.5 Å². The van der Waals surface area contributed by atoms with Crippen LogP contribution in [0.15, 0.2) is 12.1 Å². The molecule has 0 aliphatic carbocycles. The van der Waals surface area contributed by atoms with Crippen molar-refractivity contribution >= 4 is 29.4 Å². The summed E-state index contributed by atoms with van der Waals surface area (Å²) >= 11 is 0. The number of likely N-dealkylation sites (N-methyl/N-ethyl adjacent to an activating group) is 1. The van der Waals surface area contributed by atoms with Crippen LogP contribution >= 0.6 is 0 Å². The Morgan fingerprint density at radius 1 is 1.19 bits per heavy atom. The summed E-state index contributed by atoms with van der Waals surface area (Å²) in [6.45, 7) is 4.77. The standard InChI is InChI=1S/C23H33F2N5O6/c1-4-28(7-8-30(34-3)22(32)27-16-5-9-35-10-6-16)21-19(24)11-17(12-20(21)25)29-14-18(36-23(29)33)13-26-15(2)31/h11-12,16,18H,4-10,13-14H2,1-3H3,(H,26,31)(H,27,32)/t18-/m0/s1. The predicted molar refractivity (Wildman–Crippen MR) is 127 cm³/mol. The lowest BCUT2D eigenvalue weighted by Crippen LogP contribution is -2.48. The van der Waals surface area contributed by atoms with Gasteiger partial charge in [-0.05, 0) is 19.8 Å². The molecular weight excluding hydrogens is 480 g/mol. The molecule has 0 spiro atoms. The number of nitrogens with one attached hydrogen (secondary N) is 2. The molecule has 36 heavy (non-hydrogen) atoms. The number of rotatable bonds is 10. The lowest BCUT2D eigenvalue weighted by atomic mass is 10.1. The van der Waals surface area contributed by atoms with Gasteiger partial charge in [-0.15, -0.1) is 0 Å². The van der Waals surface area contributed by atoms with Gasteiger partial charge in [-0.1, -0.05) is 0 Å². The molecule has 1 atom stereocenters. The second kappa shape index (κ2) is 12.7. The molecule has 2 heterocycles. The van der Waals surface area contributed by atoms with Crippen molar-refractivity contribution in [2.75, 3.05) is 62.8 Å². The largest absolute Gasteiger partial charge is 0.442 e. The smallest absolute Gasteiger partial charge is 0.414 e. The van der Waals surface area contributed by atoms with E-state index in [1.807, 2.05) is 0 Å². The number of hydrogen-bond acceptors (Lipinski definition) is 7. The summed E-state index contributed by atoms with van der Waals surface area (Å²) in [7, 11) is 1.35. The van der Waals surface area contributed by atoms with Crippen LogP contribution in [0.5, 0.6) is 0 Å². The molecule has 11 nitrogen and oxygen atoms in total. The quantitative estimate of drug-likeness (QED) is 0.460. The summed E-state index contributed by atoms with van der Waals surface area (Å²) < 4.78 is 40.7. The number of benzene rings is 1. The zero-order valence-corrected chi connectivity index (χ0v) is 20.7. The predicted octanol–water partition coefficient (Wildman–Crippen LogP) is 2.00. The molecule has 2 aliphatic heterocycles. The van der Waals surface area contributed by atoms with E-state index in [1.165, 1.54) is 18.9 Å². The lowest BCUT2D eigenvalue weighted by Gasteiger charge is -2.30. The van der Waals surface area contributed by atoms with Gasteiger partial charge >= 0.3 is 12.1 Å². The van der Waals surface area contributed by atoms with E-state index in [0.717, 1.165) is 22.1 Å². The van der Waals surface area contributed by atoms with Crippen molar-refractivity contribution in [1.29, 1.82) is 0 Å². The molecule has 0 radical (unpaired) electrons. The fraction of sp³-hybridized carbons (Fsp3) is 0.609. The number of cyclic esters (lactones) is 1. The third-order valence-corrected chi connectivity index (χ3v) is 6.03. The Balaban J connectivity index is 1.65. The highest BCUT2D eigenvalue weighted by molar-refractivity contribution is 5.90. The summed E-state index contributed by atoms with van der Waals surface area (Å²) in [6.07, 6.45) is 0.0133. The van der Waals surface area contributed by atoms with E-state index in [1.54, 1.807) is 6.92 Å². The summed E-state index contributed by atoms with van der Waals surface area (Å²) in [5, 5.41) is 6.53. The van der Waals surface area contributed by atoms with Gasteiger partial charge in [0.1, 0.15) is 11.8 Å². The maximum atomic E-state index is 15.1. The fourth-order valence-corrected chi connectivity index (χ4v) is 4.11. The van der Waals surface area contributed by atoms with Gasteiger partial charge in [0, 0.05) is 51.4 Å². The first kappa shape index (κ1) is 27.4. The Hall–Kier alpha value is -3.19. The summed E-state index contributed by atoms with van der Waals surface area (Å²) in [6, 6.07) is 1.67. The van der Waals surface area contributed by atoms with E-state index in [2.05, 4.69) is 10.6 Å². The molecule has 2 N–H and O–H groups in total. The molecule has 2 aliphatic rings. The van der Waals surface area contributed by atoms with Gasteiger partial charge in [-0.25, -0.2) is 23.4 Å². The number of nitrogens with zero attached hydrogens (tertiary/aromatic N) is 3. The molecule has 4 amide bonds. The maximum Gasteiger partial charge on any atom is 0.414 e. The van der Waals surface area contributed by atoms with E-state index < -0.39 is 29.9 Å². The Bertz CT molecular complexity index is 923. The minimum Gasteiger partial charge on any atom is -0.442 e. The first-order valence-corrected chi connectivity index (χ1v) is 11.9. The highest BCUT2D eigenvalue weighted by Crippen LogP contribution is 2.31. The molecule has 1 aromatic rings. The lowest BCUT2D eigenvalue weighted by molar-refractivity contribution is -0.119. The molecule has 3 rings (SSSR count). The Labute approximate surface area is 208 Å². The first-order chi connectivity index (χ1) is 17.2. The molecule has 0 unspecified atom stereocenters. The van der Waals surface area contributed by atoms with Gasteiger partial charge in [0.2, 0.25) is 5.91 Å². The normalized spacial score (nSPS) is 18.1. The van der Waals surface area contributed by atoms with E-state index in [-0.39, 0.29) is 56.0 Å². The molecule has 0 aromatic heterocycles. The Morgan fingerprint density at radius 2 is 1.86 bits per heavy atom. The second-order valence-electron chi connectivity index (χ2n) is 8.51. The highest BCUT2D eigenvalue weighted by atomic mass is 19.1. The van der Waals surface area contributed by atoms with E-state index in [9.17, 15) is 14.4 Å². The van der Waals surface area contributed by atoms with Crippen LogP contribution in [0.3, 0.4) is 0 Å². The van der Waals surface area contributed by atoms with Gasteiger partial charge in [0.15, 0.2) is 11.6 Å². The topological polar surface area (TPSA) is 113 Å². The van der Waals surface area contributed by atoms with Gasteiger partial charge in [-0.2, -0.15) is 0 Å². The molecule has 1 aromatic carbocycles. The average molecular weight is 514 g/mol. The van der Waals surface area contributed by atoms with Crippen LogP contribution in [0, 0.1) is 11.6 Å². The molecular formula is C23H33F2N5O6. The van der Waals surface area contributed by atoms with Crippen molar-refractivity contribution in [3.05, 3.63) is 23.8 Å². The number of hydroxylamine groups is 2. The third kappa shape index (κ3) is 6.94. The zero-order valence-electron chi connectivity index (χ0n) is 20.7. The second-order valence-corrected chi connectivity index (χ2v) is 8.51. The molecule has 0 saturated carbocycles. The van der Waals surface area contributed by atoms with Crippen molar-refractivity contribution in [3.8, 4) is 0 Å². The number of carbonyl (C=O) groups excluding carboxylic acids is 3.